The number of fused-ring (bicyclic) bond motifs is 1. The Kier molecular flexibility index (Phi) is 5.71. The molecule has 0 radical (unpaired) electrons. The van der Waals surface area contributed by atoms with Gasteiger partial charge in [-0.2, -0.15) is 0 Å². The molecule has 0 spiro atoms. The number of Topliss-reactive ketones (excluding diaryl/α,β-unsaturated/α-hetero) is 1. The van der Waals surface area contributed by atoms with Gasteiger partial charge in [0.05, 0.1) is 5.69 Å². The second-order valence-corrected chi connectivity index (χ2v) is 6.61. The average molecular weight is 351 g/mol. The van der Waals surface area contributed by atoms with Gasteiger partial charge >= 0.3 is 0 Å². The highest BCUT2D eigenvalue weighted by Crippen LogP contribution is 2.39. The molecule has 0 bridgehead atoms. The molecule has 2 aromatic carbocycles. The van der Waals surface area contributed by atoms with Gasteiger partial charge in [0.2, 0.25) is 6.10 Å². The Hall–Kier alpha value is -2.62. The van der Waals surface area contributed by atoms with Crippen LogP contribution in [0.15, 0.2) is 48.5 Å². The molecule has 4 nitrogen and oxygen atoms in total. The molecule has 1 amide bonds. The van der Waals surface area contributed by atoms with E-state index in [1.54, 1.807) is 11.0 Å². The number of unbranched alkanes of at least 4 members (excludes halogenated alkanes) is 1. The van der Waals surface area contributed by atoms with Crippen molar-refractivity contribution in [3.63, 3.8) is 0 Å². The summed E-state index contributed by atoms with van der Waals surface area (Å²) in [5, 5.41) is 0. The lowest BCUT2D eigenvalue weighted by atomic mass is 10.0. The first-order valence-corrected chi connectivity index (χ1v) is 9.36. The zero-order valence-corrected chi connectivity index (χ0v) is 15.4. The molecule has 136 valence electrons. The molecule has 1 aliphatic heterocycles. The largest absolute Gasteiger partial charge is 0.474 e. The lowest BCUT2D eigenvalue weighted by Gasteiger charge is -2.35. The minimum Gasteiger partial charge on any atom is -0.474 e. The summed E-state index contributed by atoms with van der Waals surface area (Å²) >= 11 is 0. The molecule has 3 rings (SSSR count). The van der Waals surface area contributed by atoms with Crippen molar-refractivity contribution in [1.82, 2.24) is 0 Å². The molecule has 0 aliphatic carbocycles. The highest BCUT2D eigenvalue weighted by Gasteiger charge is 2.35. The lowest BCUT2D eigenvalue weighted by Crippen LogP contribution is -2.41. The number of anilines is 1. The maximum atomic E-state index is 13.1. The zero-order chi connectivity index (χ0) is 18.5. The first-order valence-electron chi connectivity index (χ1n) is 9.36. The Balaban J connectivity index is 1.99. The molecule has 1 heterocycles. The van der Waals surface area contributed by atoms with E-state index < -0.39 is 6.10 Å². The molecule has 1 aliphatic rings. The van der Waals surface area contributed by atoms with E-state index in [4.69, 9.17) is 4.74 Å². The predicted octanol–water partition coefficient (Wildman–Crippen LogP) is 4.94. The Morgan fingerprint density at radius 1 is 1.08 bits per heavy atom. The Morgan fingerprint density at radius 2 is 1.85 bits per heavy atom. The van der Waals surface area contributed by atoms with E-state index in [9.17, 15) is 9.59 Å². The number of rotatable bonds is 7. The van der Waals surface area contributed by atoms with Crippen LogP contribution in [0.5, 0.6) is 5.75 Å². The summed E-state index contributed by atoms with van der Waals surface area (Å²) in [6, 6.07) is 15.0. The molecule has 0 saturated carbocycles. The number of carbonyl (C=O) groups is 2. The van der Waals surface area contributed by atoms with Gasteiger partial charge in [-0.05, 0) is 31.0 Å². The number of hydrogen-bond acceptors (Lipinski definition) is 3. The van der Waals surface area contributed by atoms with Crippen LogP contribution in [0, 0.1) is 0 Å². The lowest BCUT2D eigenvalue weighted by molar-refractivity contribution is -0.126. The maximum absolute atomic E-state index is 13.1. The standard InChI is InChI=1S/C22H25NO3/c1-3-5-14-23-18-15-17(19(24)9-4-2)12-13-20(18)26-21(22(23)25)16-10-7-6-8-11-16/h6-8,10-13,15,21H,3-5,9,14H2,1-2H3. The summed E-state index contributed by atoms with van der Waals surface area (Å²) in [5.41, 5.74) is 2.19. The fraction of sp³-hybridized carbons (Fsp3) is 0.364. The van der Waals surface area contributed by atoms with E-state index >= 15 is 0 Å². The van der Waals surface area contributed by atoms with Crippen molar-refractivity contribution >= 4 is 17.4 Å². The summed E-state index contributed by atoms with van der Waals surface area (Å²) in [5.74, 6) is 0.684. The number of ether oxygens (including phenoxy) is 1. The number of hydrogen-bond donors (Lipinski definition) is 0. The molecule has 4 heteroatoms. The van der Waals surface area contributed by atoms with Gasteiger partial charge < -0.3 is 9.64 Å². The van der Waals surface area contributed by atoms with Crippen LogP contribution in [0.3, 0.4) is 0 Å². The van der Waals surface area contributed by atoms with Crippen molar-refractivity contribution in [3.05, 3.63) is 59.7 Å². The van der Waals surface area contributed by atoms with Crippen LogP contribution in [-0.2, 0) is 4.79 Å². The Bertz CT molecular complexity index is 785. The number of carbonyl (C=O) groups excluding carboxylic acids is 2. The van der Waals surface area contributed by atoms with Crippen LogP contribution in [0.4, 0.5) is 5.69 Å². The first-order chi connectivity index (χ1) is 12.7. The highest BCUT2D eigenvalue weighted by molar-refractivity contribution is 6.03. The Labute approximate surface area is 154 Å². The summed E-state index contributed by atoms with van der Waals surface area (Å²) in [7, 11) is 0. The first kappa shape index (κ1) is 18.2. The van der Waals surface area contributed by atoms with Crippen LogP contribution in [0.25, 0.3) is 0 Å². The van der Waals surface area contributed by atoms with Crippen molar-refractivity contribution in [3.8, 4) is 5.75 Å². The molecule has 0 saturated heterocycles. The van der Waals surface area contributed by atoms with Crippen molar-refractivity contribution in [1.29, 1.82) is 0 Å². The number of nitrogens with zero attached hydrogens (tertiary/aromatic N) is 1. The van der Waals surface area contributed by atoms with Gasteiger partial charge in [0.15, 0.2) is 5.78 Å². The quantitative estimate of drug-likeness (QED) is 0.664. The topological polar surface area (TPSA) is 46.6 Å². The molecule has 2 aromatic rings. The third kappa shape index (κ3) is 3.64. The van der Waals surface area contributed by atoms with Gasteiger partial charge in [-0.15, -0.1) is 0 Å². The van der Waals surface area contributed by atoms with Gasteiger partial charge in [-0.1, -0.05) is 50.6 Å². The molecule has 26 heavy (non-hydrogen) atoms. The van der Waals surface area contributed by atoms with Crippen LogP contribution in [-0.4, -0.2) is 18.2 Å². The number of ketones is 1. The van der Waals surface area contributed by atoms with Crippen molar-refractivity contribution in [2.45, 2.75) is 45.6 Å². The third-order valence-electron chi connectivity index (χ3n) is 4.62. The second-order valence-electron chi connectivity index (χ2n) is 6.61. The third-order valence-corrected chi connectivity index (χ3v) is 4.62. The summed E-state index contributed by atoms with van der Waals surface area (Å²) in [6.07, 6.45) is 2.57. The van der Waals surface area contributed by atoms with Gasteiger partial charge in [0.1, 0.15) is 5.75 Å². The van der Waals surface area contributed by atoms with Gasteiger partial charge in [-0.25, -0.2) is 0 Å². The van der Waals surface area contributed by atoms with Gasteiger partial charge in [-0.3, -0.25) is 9.59 Å². The summed E-state index contributed by atoms with van der Waals surface area (Å²) in [6.45, 7) is 4.71. The minimum absolute atomic E-state index is 0.0720. The van der Waals surface area contributed by atoms with E-state index in [-0.39, 0.29) is 11.7 Å². The molecular formula is C22H25NO3. The van der Waals surface area contributed by atoms with Crippen molar-refractivity contribution in [2.24, 2.45) is 0 Å². The van der Waals surface area contributed by atoms with Gasteiger partial charge in [0.25, 0.3) is 5.91 Å². The number of amides is 1. The van der Waals surface area contributed by atoms with E-state index in [1.807, 2.05) is 49.4 Å². The molecule has 0 aromatic heterocycles. The van der Waals surface area contributed by atoms with Crippen LogP contribution < -0.4 is 9.64 Å². The van der Waals surface area contributed by atoms with Crippen LogP contribution in [0.2, 0.25) is 0 Å². The molecule has 1 unspecified atom stereocenters. The molecule has 0 N–H and O–H groups in total. The van der Waals surface area contributed by atoms with E-state index in [1.165, 1.54) is 0 Å². The number of benzene rings is 2. The smallest absolute Gasteiger partial charge is 0.272 e. The molecular weight excluding hydrogens is 326 g/mol. The predicted molar refractivity (Wildman–Crippen MR) is 103 cm³/mol. The summed E-state index contributed by atoms with van der Waals surface area (Å²) in [4.78, 5) is 27.2. The normalized spacial score (nSPS) is 16.2. The van der Waals surface area contributed by atoms with Crippen LogP contribution in [0.1, 0.15) is 61.6 Å². The van der Waals surface area contributed by atoms with E-state index in [0.29, 0.717) is 30.0 Å². The molecule has 1 atom stereocenters. The summed E-state index contributed by atoms with van der Waals surface area (Å²) < 4.78 is 6.03. The second kappa shape index (κ2) is 8.17. The van der Waals surface area contributed by atoms with Gasteiger partial charge in [0, 0.05) is 24.1 Å². The minimum atomic E-state index is -0.641. The zero-order valence-electron chi connectivity index (χ0n) is 15.4. The molecule has 0 fully saturated rings. The monoisotopic (exact) mass is 351 g/mol. The average Bonchev–Trinajstić information content (AvgIpc) is 2.67. The van der Waals surface area contributed by atoms with Crippen molar-refractivity contribution in [2.75, 3.05) is 11.4 Å². The fourth-order valence-corrected chi connectivity index (χ4v) is 3.20. The van der Waals surface area contributed by atoms with E-state index in [2.05, 4.69) is 6.92 Å². The SMILES string of the molecule is CCCCN1C(=O)C(c2ccccc2)Oc2ccc(C(=O)CCC)cc21. The van der Waals surface area contributed by atoms with Crippen molar-refractivity contribution < 1.29 is 14.3 Å². The highest BCUT2D eigenvalue weighted by atomic mass is 16.5. The fourth-order valence-electron chi connectivity index (χ4n) is 3.20. The maximum Gasteiger partial charge on any atom is 0.272 e. The van der Waals surface area contributed by atoms with E-state index in [0.717, 1.165) is 24.8 Å². The Morgan fingerprint density at radius 3 is 2.54 bits per heavy atom. The van der Waals surface area contributed by atoms with Crippen LogP contribution >= 0.6 is 0 Å².